The molecule has 0 amide bonds. The number of aliphatic hydroxyl groups is 1. The fraction of sp³-hybridized carbons (Fsp3) is 0.789. The Kier molecular flexibility index (Phi) is 4.89. The van der Waals surface area contributed by atoms with Crippen molar-refractivity contribution in [3.63, 3.8) is 0 Å². The van der Waals surface area contributed by atoms with Gasteiger partial charge < -0.3 is 9.84 Å². The van der Waals surface area contributed by atoms with Crippen LogP contribution in [0.5, 0.6) is 0 Å². The van der Waals surface area contributed by atoms with Crippen molar-refractivity contribution in [2.75, 3.05) is 7.11 Å². The van der Waals surface area contributed by atoms with Crippen molar-refractivity contribution in [2.24, 2.45) is 35.5 Å². The molecule has 124 valence electrons. The molecule has 1 unspecified atom stereocenters. The zero-order valence-electron chi connectivity index (χ0n) is 13.8. The monoisotopic (exact) mass is 324 g/mol. The van der Waals surface area contributed by atoms with Gasteiger partial charge in [0.15, 0.2) is 0 Å². The molecule has 4 saturated carbocycles. The SMILES string of the molecule is C=C(O)/C(Cl)=C\[C@@H](CC)C(OC)C1C2CC3CC(C2)CC1C3. The number of hydrogen-bond donors (Lipinski definition) is 1. The summed E-state index contributed by atoms with van der Waals surface area (Å²) in [6.45, 7) is 5.70. The summed E-state index contributed by atoms with van der Waals surface area (Å²) in [5.74, 6) is 4.50. The van der Waals surface area contributed by atoms with Crippen molar-refractivity contribution in [1.82, 2.24) is 0 Å². The largest absolute Gasteiger partial charge is 0.507 e. The number of hydrogen-bond acceptors (Lipinski definition) is 2. The van der Waals surface area contributed by atoms with Crippen LogP contribution in [0.25, 0.3) is 0 Å². The third-order valence-electron chi connectivity index (χ3n) is 6.48. The van der Waals surface area contributed by atoms with E-state index < -0.39 is 0 Å². The third-order valence-corrected chi connectivity index (χ3v) is 6.82. The van der Waals surface area contributed by atoms with Crippen LogP contribution in [0, 0.1) is 35.5 Å². The van der Waals surface area contributed by atoms with E-state index in [-0.39, 0.29) is 17.8 Å². The number of aliphatic hydroxyl groups excluding tert-OH is 1. The molecule has 4 fully saturated rings. The standard InChI is InChI=1S/C19H29ClO2/c1-4-14(10-17(20)11(2)21)19(22-3)18-15-6-12-5-13(8-15)9-16(18)7-12/h10,12-16,18-19,21H,2,4-9H2,1,3H3/b17-10+/t12?,13?,14-,15?,16?,18?,19?/m1/s1. The summed E-state index contributed by atoms with van der Waals surface area (Å²) in [5.41, 5.74) is 0. The van der Waals surface area contributed by atoms with Gasteiger partial charge in [0.1, 0.15) is 5.76 Å². The first-order chi connectivity index (χ1) is 10.5. The van der Waals surface area contributed by atoms with Crippen LogP contribution in [-0.2, 0) is 4.74 Å². The second-order valence-corrected chi connectivity index (χ2v) is 8.15. The fourth-order valence-corrected chi connectivity index (χ4v) is 6.01. The molecular formula is C19H29ClO2. The lowest BCUT2D eigenvalue weighted by Crippen LogP contribution is -2.51. The Morgan fingerprint density at radius 1 is 1.23 bits per heavy atom. The molecule has 4 aliphatic carbocycles. The maximum absolute atomic E-state index is 9.50. The van der Waals surface area contributed by atoms with Gasteiger partial charge in [0, 0.05) is 13.0 Å². The zero-order valence-corrected chi connectivity index (χ0v) is 14.6. The van der Waals surface area contributed by atoms with E-state index in [0.29, 0.717) is 11.0 Å². The molecule has 0 aromatic rings. The number of allylic oxidation sites excluding steroid dienone is 1. The Labute approximate surface area is 139 Å². The summed E-state index contributed by atoms with van der Waals surface area (Å²) in [7, 11) is 1.84. The first kappa shape index (κ1) is 16.4. The van der Waals surface area contributed by atoms with Gasteiger partial charge in [-0.1, -0.05) is 31.2 Å². The smallest absolute Gasteiger partial charge is 0.126 e. The van der Waals surface area contributed by atoms with Gasteiger partial charge in [-0.25, -0.2) is 0 Å². The summed E-state index contributed by atoms with van der Waals surface area (Å²) < 4.78 is 6.00. The Morgan fingerprint density at radius 3 is 2.18 bits per heavy atom. The predicted molar refractivity (Wildman–Crippen MR) is 90.8 cm³/mol. The summed E-state index contributed by atoms with van der Waals surface area (Å²) >= 11 is 6.14. The lowest BCUT2D eigenvalue weighted by molar-refractivity contribution is -0.113. The van der Waals surface area contributed by atoms with E-state index in [1.807, 2.05) is 13.2 Å². The Morgan fingerprint density at radius 2 is 1.77 bits per heavy atom. The van der Waals surface area contributed by atoms with Gasteiger partial charge in [0.05, 0.1) is 11.1 Å². The first-order valence-corrected chi connectivity index (χ1v) is 9.19. The second-order valence-electron chi connectivity index (χ2n) is 7.74. The molecule has 0 aliphatic heterocycles. The molecule has 0 heterocycles. The van der Waals surface area contributed by atoms with E-state index in [1.54, 1.807) is 0 Å². The van der Waals surface area contributed by atoms with Gasteiger partial charge >= 0.3 is 0 Å². The van der Waals surface area contributed by atoms with Crippen LogP contribution in [0.4, 0.5) is 0 Å². The Balaban J connectivity index is 1.81. The molecule has 0 spiro atoms. The minimum Gasteiger partial charge on any atom is -0.507 e. The molecular weight excluding hydrogens is 296 g/mol. The number of rotatable bonds is 6. The van der Waals surface area contributed by atoms with E-state index in [1.165, 1.54) is 32.1 Å². The van der Waals surface area contributed by atoms with E-state index in [0.717, 1.165) is 30.1 Å². The molecule has 22 heavy (non-hydrogen) atoms. The molecule has 2 nitrogen and oxygen atoms in total. The highest BCUT2D eigenvalue weighted by molar-refractivity contribution is 6.31. The molecule has 4 rings (SSSR count). The van der Waals surface area contributed by atoms with Crippen LogP contribution in [0.3, 0.4) is 0 Å². The van der Waals surface area contributed by atoms with E-state index >= 15 is 0 Å². The highest BCUT2D eigenvalue weighted by atomic mass is 35.5. The van der Waals surface area contributed by atoms with Crippen LogP contribution < -0.4 is 0 Å². The highest BCUT2D eigenvalue weighted by Crippen LogP contribution is 2.58. The van der Waals surface area contributed by atoms with E-state index in [9.17, 15) is 5.11 Å². The van der Waals surface area contributed by atoms with Crippen molar-refractivity contribution in [1.29, 1.82) is 0 Å². The maximum Gasteiger partial charge on any atom is 0.126 e. The average molecular weight is 325 g/mol. The van der Waals surface area contributed by atoms with Gasteiger partial charge in [0.2, 0.25) is 0 Å². The fourth-order valence-electron chi connectivity index (χ4n) is 5.85. The second kappa shape index (κ2) is 6.57. The van der Waals surface area contributed by atoms with Crippen molar-refractivity contribution < 1.29 is 9.84 Å². The van der Waals surface area contributed by atoms with Crippen molar-refractivity contribution >= 4 is 11.6 Å². The summed E-state index contributed by atoms with van der Waals surface area (Å²) in [4.78, 5) is 0. The van der Waals surface area contributed by atoms with Gasteiger partial charge in [-0.15, -0.1) is 0 Å². The molecule has 3 heteroatoms. The number of methoxy groups -OCH3 is 1. The third kappa shape index (κ3) is 2.97. The van der Waals surface area contributed by atoms with Crippen molar-refractivity contribution in [2.45, 2.75) is 51.6 Å². The molecule has 1 N–H and O–H groups in total. The molecule has 0 radical (unpaired) electrons. The minimum absolute atomic E-state index is 0.0416. The normalized spacial score (nSPS) is 39.8. The minimum atomic E-state index is -0.0416. The van der Waals surface area contributed by atoms with Crippen LogP contribution >= 0.6 is 11.6 Å². The topological polar surface area (TPSA) is 29.5 Å². The van der Waals surface area contributed by atoms with Gasteiger partial charge in [-0.05, 0) is 68.1 Å². The quantitative estimate of drug-likeness (QED) is 0.531. The number of halogens is 1. The molecule has 4 aliphatic rings. The van der Waals surface area contributed by atoms with Crippen molar-refractivity contribution in [3.8, 4) is 0 Å². The van der Waals surface area contributed by atoms with Crippen LogP contribution in [0.15, 0.2) is 23.4 Å². The number of ether oxygens (including phenoxy) is 1. The first-order valence-electron chi connectivity index (χ1n) is 8.81. The van der Waals surface area contributed by atoms with Gasteiger partial charge in [-0.2, -0.15) is 0 Å². The Bertz CT molecular complexity index is 428. The molecule has 4 bridgehead atoms. The van der Waals surface area contributed by atoms with Crippen molar-refractivity contribution in [3.05, 3.63) is 23.4 Å². The molecule has 0 saturated heterocycles. The molecule has 2 atom stereocenters. The van der Waals surface area contributed by atoms with E-state index in [2.05, 4.69) is 13.5 Å². The predicted octanol–water partition coefficient (Wildman–Crippen LogP) is 5.29. The summed E-state index contributed by atoms with van der Waals surface area (Å²) in [6, 6.07) is 0. The van der Waals surface area contributed by atoms with Crippen LogP contribution in [0.2, 0.25) is 0 Å². The molecule has 0 aromatic heterocycles. The summed E-state index contributed by atoms with van der Waals surface area (Å²) in [6.07, 6.45) is 10.2. The van der Waals surface area contributed by atoms with Gasteiger partial charge in [-0.3, -0.25) is 0 Å². The maximum atomic E-state index is 9.50. The highest BCUT2D eigenvalue weighted by Gasteiger charge is 2.51. The zero-order chi connectivity index (χ0) is 15.9. The lowest BCUT2D eigenvalue weighted by Gasteiger charge is -2.56. The van der Waals surface area contributed by atoms with Crippen LogP contribution in [-0.4, -0.2) is 18.3 Å². The van der Waals surface area contributed by atoms with Gasteiger partial charge in [0.25, 0.3) is 0 Å². The van der Waals surface area contributed by atoms with E-state index in [4.69, 9.17) is 16.3 Å². The summed E-state index contributed by atoms with van der Waals surface area (Å²) in [5, 5.41) is 9.87. The average Bonchev–Trinajstić information content (AvgIpc) is 2.48. The van der Waals surface area contributed by atoms with Crippen LogP contribution in [0.1, 0.15) is 45.4 Å². The molecule has 0 aromatic carbocycles. The Hall–Kier alpha value is -0.470. The lowest BCUT2D eigenvalue weighted by atomic mass is 9.50.